The highest BCUT2D eigenvalue weighted by Crippen LogP contribution is 2.22. The number of rotatable bonds is 15. The molecule has 2 amide bonds. The molecule has 3 aromatic carbocycles. The number of Topliss-reactive ketones (excluding diaryl/α,β-unsaturated/α-hetero) is 1. The molecule has 0 fully saturated rings. The number of amides is 2. The first-order valence-electron chi connectivity index (χ1n) is 13.2. The van der Waals surface area contributed by atoms with Crippen molar-refractivity contribution < 1.29 is 37.4 Å². The lowest BCUT2D eigenvalue weighted by atomic mass is 10.0. The monoisotopic (exact) mass is 595 g/mol. The van der Waals surface area contributed by atoms with Crippen LogP contribution >= 0.6 is 0 Å². The average molecular weight is 596 g/mol. The van der Waals surface area contributed by atoms with Gasteiger partial charge in [-0.3, -0.25) is 19.2 Å². The van der Waals surface area contributed by atoms with E-state index < -0.39 is 59.3 Å². The number of hydrogen-bond donors (Lipinski definition) is 3. The first-order valence-corrected chi connectivity index (χ1v) is 14.6. The summed E-state index contributed by atoms with van der Waals surface area (Å²) in [7, 11) is -4.04. The van der Waals surface area contributed by atoms with Gasteiger partial charge in [0.25, 0.3) is 5.91 Å². The Morgan fingerprint density at radius 2 is 1.40 bits per heavy atom. The third kappa shape index (κ3) is 9.53. The number of ether oxygens (including phenoxy) is 1. The van der Waals surface area contributed by atoms with E-state index >= 15 is 0 Å². The molecule has 0 aliphatic heterocycles. The van der Waals surface area contributed by atoms with E-state index in [1.54, 1.807) is 42.5 Å². The first-order chi connectivity index (χ1) is 20.0. The molecule has 0 spiro atoms. The number of carboxylic acid groups (broad SMARTS) is 1. The van der Waals surface area contributed by atoms with E-state index in [1.165, 1.54) is 36.4 Å². The van der Waals surface area contributed by atoms with Crippen LogP contribution in [0.25, 0.3) is 0 Å². The average Bonchev–Trinajstić information content (AvgIpc) is 2.97. The van der Waals surface area contributed by atoms with E-state index in [0.717, 1.165) is 4.90 Å². The minimum absolute atomic E-state index is 0.0829. The van der Waals surface area contributed by atoms with Crippen molar-refractivity contribution in [2.24, 2.45) is 5.92 Å². The maximum absolute atomic E-state index is 13.1. The zero-order valence-corrected chi connectivity index (χ0v) is 24.0. The molecule has 42 heavy (non-hydrogen) atoms. The highest BCUT2D eigenvalue weighted by molar-refractivity contribution is 7.89. The molecule has 3 N–H and O–H groups in total. The number of carbonyl (C=O) groups is 4. The molecule has 3 rings (SSSR count). The summed E-state index contributed by atoms with van der Waals surface area (Å²) >= 11 is 0. The quantitative estimate of drug-likeness (QED) is 0.242. The summed E-state index contributed by atoms with van der Waals surface area (Å²) in [4.78, 5) is 51.2. The second-order valence-corrected chi connectivity index (χ2v) is 11.6. The number of aliphatic carboxylic acids is 1. The van der Waals surface area contributed by atoms with Crippen LogP contribution in [0.4, 0.5) is 0 Å². The smallest absolute Gasteiger partial charge is 0.323 e. The minimum atomic E-state index is -4.04. The lowest BCUT2D eigenvalue weighted by Crippen LogP contribution is -2.53. The lowest BCUT2D eigenvalue weighted by Gasteiger charge is -2.31. The van der Waals surface area contributed by atoms with E-state index in [2.05, 4.69) is 10.0 Å². The van der Waals surface area contributed by atoms with Gasteiger partial charge in [-0.25, -0.2) is 13.1 Å². The fourth-order valence-electron chi connectivity index (χ4n) is 3.97. The van der Waals surface area contributed by atoms with E-state index in [4.69, 9.17) is 4.74 Å². The molecule has 0 aromatic heterocycles. The van der Waals surface area contributed by atoms with Crippen molar-refractivity contribution in [3.63, 3.8) is 0 Å². The number of benzene rings is 3. The molecule has 222 valence electrons. The van der Waals surface area contributed by atoms with Crippen molar-refractivity contribution in [3.8, 4) is 11.5 Å². The molecule has 0 unspecified atom stereocenters. The van der Waals surface area contributed by atoms with Gasteiger partial charge in [0.15, 0.2) is 5.78 Å². The van der Waals surface area contributed by atoms with Gasteiger partial charge in [0, 0.05) is 5.56 Å². The zero-order chi connectivity index (χ0) is 30.7. The molecule has 0 radical (unpaired) electrons. The number of sulfonamides is 1. The Morgan fingerprint density at radius 1 is 0.833 bits per heavy atom. The van der Waals surface area contributed by atoms with Crippen LogP contribution in [0.5, 0.6) is 11.5 Å². The molecule has 0 aliphatic carbocycles. The molecule has 0 aliphatic rings. The zero-order valence-electron chi connectivity index (χ0n) is 23.2. The van der Waals surface area contributed by atoms with Gasteiger partial charge in [0.2, 0.25) is 15.9 Å². The predicted octanol–water partition coefficient (Wildman–Crippen LogP) is 3.08. The Kier molecular flexibility index (Phi) is 11.3. The Bertz CT molecular complexity index is 1480. The summed E-state index contributed by atoms with van der Waals surface area (Å²) in [5.74, 6) is -2.38. The Labute approximate surface area is 244 Å². The van der Waals surface area contributed by atoms with E-state index in [0.29, 0.717) is 11.5 Å². The summed E-state index contributed by atoms with van der Waals surface area (Å²) in [5, 5.41) is 11.9. The summed E-state index contributed by atoms with van der Waals surface area (Å²) in [6, 6.07) is 21.4. The van der Waals surface area contributed by atoms with Crippen LogP contribution in [0.1, 0.15) is 30.6 Å². The molecule has 0 heterocycles. The maximum Gasteiger partial charge on any atom is 0.323 e. The second-order valence-electron chi connectivity index (χ2n) is 9.81. The number of nitrogens with zero attached hydrogens (tertiary/aromatic N) is 1. The SMILES string of the molecule is CC(C)C[C@@H](C(=O)NCC(=O)CNS(=O)(=O)c1ccc(Oc2ccccc2)cc1)N(CC(=O)O)C(=O)c1ccccc1. The van der Waals surface area contributed by atoms with Crippen molar-refractivity contribution >= 4 is 33.6 Å². The number of ketones is 1. The van der Waals surface area contributed by atoms with Gasteiger partial charge in [-0.1, -0.05) is 50.2 Å². The molecule has 0 saturated carbocycles. The summed E-state index contributed by atoms with van der Waals surface area (Å²) in [6.45, 7) is 1.78. The molecule has 0 bridgehead atoms. The van der Waals surface area contributed by atoms with Gasteiger partial charge >= 0.3 is 5.97 Å². The fraction of sp³-hybridized carbons (Fsp3) is 0.267. The number of carbonyl (C=O) groups excluding carboxylic acids is 3. The topological polar surface area (TPSA) is 159 Å². The third-order valence-corrected chi connectivity index (χ3v) is 7.41. The van der Waals surface area contributed by atoms with Crippen molar-refractivity contribution in [2.45, 2.75) is 31.2 Å². The van der Waals surface area contributed by atoms with E-state index in [9.17, 15) is 32.7 Å². The van der Waals surface area contributed by atoms with Crippen molar-refractivity contribution in [1.29, 1.82) is 0 Å². The minimum Gasteiger partial charge on any atom is -0.480 e. The van der Waals surface area contributed by atoms with Crippen LogP contribution in [-0.2, 0) is 24.4 Å². The third-order valence-electron chi connectivity index (χ3n) is 5.99. The highest BCUT2D eigenvalue weighted by atomic mass is 32.2. The van der Waals surface area contributed by atoms with Gasteiger partial charge in [-0.05, 0) is 60.9 Å². The van der Waals surface area contributed by atoms with Gasteiger partial charge in [-0.2, -0.15) is 0 Å². The number of carboxylic acids is 1. The Balaban J connectivity index is 1.61. The van der Waals surface area contributed by atoms with Crippen LogP contribution in [-0.4, -0.2) is 67.7 Å². The molecule has 1 atom stereocenters. The van der Waals surface area contributed by atoms with Gasteiger partial charge in [0.05, 0.1) is 18.0 Å². The number of para-hydroxylation sites is 1. The van der Waals surface area contributed by atoms with Crippen LogP contribution in [0.15, 0.2) is 89.8 Å². The second kappa shape index (κ2) is 14.9. The van der Waals surface area contributed by atoms with E-state index in [-0.39, 0.29) is 22.8 Å². The van der Waals surface area contributed by atoms with Gasteiger partial charge < -0.3 is 20.1 Å². The fourth-order valence-corrected chi connectivity index (χ4v) is 4.99. The number of hydrogen-bond acceptors (Lipinski definition) is 7. The normalized spacial score (nSPS) is 11.9. The maximum atomic E-state index is 13.1. The molecule has 3 aromatic rings. The van der Waals surface area contributed by atoms with Crippen molar-refractivity contribution in [2.75, 3.05) is 19.6 Å². The molecular weight excluding hydrogens is 562 g/mol. The lowest BCUT2D eigenvalue weighted by molar-refractivity contribution is -0.139. The Hall–Kier alpha value is -4.55. The van der Waals surface area contributed by atoms with Gasteiger partial charge in [-0.15, -0.1) is 0 Å². The Morgan fingerprint density at radius 3 is 1.98 bits per heavy atom. The highest BCUT2D eigenvalue weighted by Gasteiger charge is 2.32. The first kappa shape index (κ1) is 32.0. The standard InChI is InChI=1S/C30H33N3O8S/c1-21(2)17-27(33(20-28(35)36)30(38)22-9-5-3-6-10-22)29(37)31-18-23(34)19-32-42(39,40)26-15-13-25(14-16-26)41-24-11-7-4-8-12-24/h3-16,21,27,32H,17-20H2,1-2H3,(H,31,37)(H,35,36)/t27-/m0/s1. The number of nitrogens with one attached hydrogen (secondary N) is 2. The largest absolute Gasteiger partial charge is 0.480 e. The summed E-state index contributed by atoms with van der Waals surface area (Å²) in [5.41, 5.74) is 0.213. The molecule has 0 saturated heterocycles. The van der Waals surface area contributed by atoms with Crippen LogP contribution < -0.4 is 14.8 Å². The molecular formula is C30H33N3O8S. The summed E-state index contributed by atoms with van der Waals surface area (Å²) in [6.07, 6.45) is 0.141. The predicted molar refractivity (Wildman–Crippen MR) is 155 cm³/mol. The van der Waals surface area contributed by atoms with Crippen molar-refractivity contribution in [1.82, 2.24) is 14.9 Å². The molecule has 11 nitrogen and oxygen atoms in total. The van der Waals surface area contributed by atoms with Gasteiger partial charge in [0.1, 0.15) is 24.1 Å². The van der Waals surface area contributed by atoms with E-state index in [1.807, 2.05) is 19.9 Å². The van der Waals surface area contributed by atoms with Crippen LogP contribution in [0.3, 0.4) is 0 Å². The summed E-state index contributed by atoms with van der Waals surface area (Å²) < 4.78 is 33.2. The van der Waals surface area contributed by atoms with Crippen LogP contribution in [0, 0.1) is 5.92 Å². The van der Waals surface area contributed by atoms with Crippen LogP contribution in [0.2, 0.25) is 0 Å². The van der Waals surface area contributed by atoms with Crippen molar-refractivity contribution in [3.05, 3.63) is 90.5 Å². The molecule has 12 heteroatoms.